The molecule has 4 nitrogen and oxygen atoms in total. The average Bonchev–Trinajstić information content (AvgIpc) is 2.69. The number of aliphatic hydroxyl groups excluding tert-OH is 1. The first-order valence-corrected chi connectivity index (χ1v) is 6.22. The number of β-amino-alcohol motifs (C(OH)–C–C–N with tert-alkyl or cyclic N) is 1. The van der Waals surface area contributed by atoms with Crippen molar-refractivity contribution in [3.05, 3.63) is 34.9 Å². The number of ether oxygens (including phenoxy) is 1. The zero-order valence-corrected chi connectivity index (χ0v) is 10.9. The number of halogens is 1. The Kier molecular flexibility index (Phi) is 4.22. The molecule has 0 radical (unpaired) electrons. The summed E-state index contributed by atoms with van der Waals surface area (Å²) in [5.41, 5.74) is 1.02. The largest absolute Gasteiger partial charge is 0.468 e. The van der Waals surface area contributed by atoms with E-state index in [0.717, 1.165) is 5.56 Å². The molecule has 98 valence electrons. The molecule has 5 heteroatoms. The normalized spacial score (nSPS) is 24.2. The lowest BCUT2D eigenvalue weighted by molar-refractivity contribution is -0.146. The van der Waals surface area contributed by atoms with Gasteiger partial charge in [0.2, 0.25) is 0 Å². The summed E-state index contributed by atoms with van der Waals surface area (Å²) in [6, 6.07) is 7.12. The number of carbonyl (C=O) groups excluding carboxylic acids is 1. The first-order chi connectivity index (χ1) is 8.60. The summed E-state index contributed by atoms with van der Waals surface area (Å²) in [6.07, 6.45) is -0.0546. The highest BCUT2D eigenvalue weighted by Crippen LogP contribution is 2.22. The van der Waals surface area contributed by atoms with Gasteiger partial charge < -0.3 is 9.84 Å². The highest BCUT2D eigenvalue weighted by atomic mass is 35.5. The van der Waals surface area contributed by atoms with E-state index in [0.29, 0.717) is 24.5 Å². The van der Waals surface area contributed by atoms with Crippen LogP contribution in [-0.2, 0) is 16.1 Å². The number of hydrogen-bond donors (Lipinski definition) is 1. The van der Waals surface area contributed by atoms with Gasteiger partial charge in [-0.15, -0.1) is 0 Å². The Bertz CT molecular complexity index is 438. The van der Waals surface area contributed by atoms with Gasteiger partial charge in [0, 0.05) is 24.5 Å². The molecule has 0 amide bonds. The maximum atomic E-state index is 11.6. The van der Waals surface area contributed by atoms with Crippen LogP contribution >= 0.6 is 11.6 Å². The Labute approximate surface area is 111 Å². The van der Waals surface area contributed by atoms with E-state index in [2.05, 4.69) is 0 Å². The third-order valence-corrected chi connectivity index (χ3v) is 3.36. The monoisotopic (exact) mass is 269 g/mol. The van der Waals surface area contributed by atoms with Crippen molar-refractivity contribution in [2.24, 2.45) is 0 Å². The van der Waals surface area contributed by atoms with Crippen LogP contribution in [0, 0.1) is 0 Å². The van der Waals surface area contributed by atoms with Crippen LogP contribution in [0.2, 0.25) is 5.02 Å². The Morgan fingerprint density at radius 1 is 1.61 bits per heavy atom. The molecular weight excluding hydrogens is 254 g/mol. The highest BCUT2D eigenvalue weighted by Gasteiger charge is 2.36. The molecule has 1 aromatic carbocycles. The number of hydrogen-bond acceptors (Lipinski definition) is 4. The number of aliphatic hydroxyl groups is 1. The molecule has 1 fully saturated rings. The van der Waals surface area contributed by atoms with E-state index < -0.39 is 6.10 Å². The average molecular weight is 270 g/mol. The first-order valence-electron chi connectivity index (χ1n) is 5.84. The number of nitrogens with zero attached hydrogens (tertiary/aromatic N) is 1. The zero-order valence-electron chi connectivity index (χ0n) is 10.2. The third kappa shape index (κ3) is 3.02. The van der Waals surface area contributed by atoms with Crippen LogP contribution in [0.1, 0.15) is 12.0 Å². The maximum absolute atomic E-state index is 11.6. The number of carbonyl (C=O) groups is 1. The minimum atomic E-state index is -0.478. The van der Waals surface area contributed by atoms with Crippen molar-refractivity contribution in [2.45, 2.75) is 25.1 Å². The van der Waals surface area contributed by atoms with Gasteiger partial charge in [0.1, 0.15) is 6.04 Å². The molecule has 1 saturated heterocycles. The fourth-order valence-corrected chi connectivity index (χ4v) is 2.52. The summed E-state index contributed by atoms with van der Waals surface area (Å²) >= 11 is 5.93. The quantitative estimate of drug-likeness (QED) is 0.844. The zero-order chi connectivity index (χ0) is 13.1. The van der Waals surface area contributed by atoms with E-state index in [1.54, 1.807) is 0 Å². The Hall–Kier alpha value is -1.10. The van der Waals surface area contributed by atoms with Crippen LogP contribution in [0.5, 0.6) is 0 Å². The second kappa shape index (κ2) is 5.69. The lowest BCUT2D eigenvalue weighted by atomic mass is 10.2. The summed E-state index contributed by atoms with van der Waals surface area (Å²) in [4.78, 5) is 13.5. The summed E-state index contributed by atoms with van der Waals surface area (Å²) in [7, 11) is 1.37. The molecule has 0 bridgehead atoms. The number of likely N-dealkylation sites (tertiary alicyclic amines) is 1. The molecule has 1 heterocycles. The van der Waals surface area contributed by atoms with Crippen LogP contribution in [0.3, 0.4) is 0 Å². The standard InChI is InChI=1S/C13H16ClNO3/c1-18-13(17)12-6-11(16)8-15(12)7-9-3-2-4-10(14)5-9/h2-5,11-12,16H,6-8H2,1H3. The summed E-state index contributed by atoms with van der Waals surface area (Å²) in [5, 5.41) is 10.3. The molecule has 0 aliphatic carbocycles. The van der Waals surface area contributed by atoms with Crippen LogP contribution in [-0.4, -0.2) is 41.8 Å². The molecule has 0 aromatic heterocycles. The molecule has 0 spiro atoms. The smallest absolute Gasteiger partial charge is 0.323 e. The van der Waals surface area contributed by atoms with Gasteiger partial charge in [0.05, 0.1) is 13.2 Å². The topological polar surface area (TPSA) is 49.8 Å². The van der Waals surface area contributed by atoms with Crippen molar-refractivity contribution in [2.75, 3.05) is 13.7 Å². The predicted octanol–water partition coefficient (Wildman–Crippen LogP) is 1.45. The number of benzene rings is 1. The first kappa shape index (κ1) is 13.3. The van der Waals surface area contributed by atoms with Gasteiger partial charge in [0.25, 0.3) is 0 Å². The molecule has 1 aliphatic rings. The van der Waals surface area contributed by atoms with Crippen LogP contribution in [0.25, 0.3) is 0 Å². The van der Waals surface area contributed by atoms with Gasteiger partial charge >= 0.3 is 5.97 Å². The van der Waals surface area contributed by atoms with Gasteiger partial charge in [-0.3, -0.25) is 9.69 Å². The van der Waals surface area contributed by atoms with Gasteiger partial charge in [-0.25, -0.2) is 0 Å². The van der Waals surface area contributed by atoms with Crippen LogP contribution < -0.4 is 0 Å². The Morgan fingerprint density at radius 2 is 2.39 bits per heavy atom. The van der Waals surface area contributed by atoms with Gasteiger partial charge in [-0.2, -0.15) is 0 Å². The van der Waals surface area contributed by atoms with Gasteiger partial charge in [0.15, 0.2) is 0 Å². The van der Waals surface area contributed by atoms with Crippen molar-refractivity contribution in [1.29, 1.82) is 0 Å². The lowest BCUT2D eigenvalue weighted by Gasteiger charge is -2.22. The molecule has 1 N–H and O–H groups in total. The molecule has 2 rings (SSSR count). The number of methoxy groups -OCH3 is 1. The van der Waals surface area contributed by atoms with Crippen molar-refractivity contribution >= 4 is 17.6 Å². The van der Waals surface area contributed by atoms with Crippen molar-refractivity contribution < 1.29 is 14.6 Å². The molecule has 2 atom stereocenters. The second-order valence-corrected chi connectivity index (χ2v) is 4.92. The van der Waals surface area contributed by atoms with Crippen molar-refractivity contribution in [3.8, 4) is 0 Å². The molecule has 18 heavy (non-hydrogen) atoms. The second-order valence-electron chi connectivity index (χ2n) is 4.49. The predicted molar refractivity (Wildman–Crippen MR) is 68.3 cm³/mol. The van der Waals surface area contributed by atoms with E-state index in [-0.39, 0.29) is 12.0 Å². The van der Waals surface area contributed by atoms with E-state index in [1.165, 1.54) is 7.11 Å². The highest BCUT2D eigenvalue weighted by molar-refractivity contribution is 6.30. The van der Waals surface area contributed by atoms with Gasteiger partial charge in [-0.1, -0.05) is 23.7 Å². The molecule has 0 saturated carbocycles. The molecule has 2 unspecified atom stereocenters. The SMILES string of the molecule is COC(=O)C1CC(O)CN1Cc1cccc(Cl)c1. The molecule has 1 aromatic rings. The minimum absolute atomic E-state index is 0.298. The van der Waals surface area contributed by atoms with E-state index >= 15 is 0 Å². The van der Waals surface area contributed by atoms with E-state index in [9.17, 15) is 9.90 Å². The van der Waals surface area contributed by atoms with E-state index in [1.807, 2.05) is 29.2 Å². The van der Waals surface area contributed by atoms with Crippen molar-refractivity contribution in [3.63, 3.8) is 0 Å². The maximum Gasteiger partial charge on any atom is 0.323 e. The summed E-state index contributed by atoms with van der Waals surface area (Å²) < 4.78 is 4.76. The Balaban J connectivity index is 2.09. The Morgan fingerprint density at radius 3 is 3.06 bits per heavy atom. The number of rotatable bonds is 3. The summed E-state index contributed by atoms with van der Waals surface area (Å²) in [6.45, 7) is 1.06. The fourth-order valence-electron chi connectivity index (χ4n) is 2.31. The number of esters is 1. The summed E-state index contributed by atoms with van der Waals surface area (Å²) in [5.74, 6) is -0.298. The van der Waals surface area contributed by atoms with E-state index in [4.69, 9.17) is 16.3 Å². The van der Waals surface area contributed by atoms with Crippen LogP contribution in [0.15, 0.2) is 24.3 Å². The molecule has 1 aliphatic heterocycles. The third-order valence-electron chi connectivity index (χ3n) is 3.13. The minimum Gasteiger partial charge on any atom is -0.468 e. The lowest BCUT2D eigenvalue weighted by Crippen LogP contribution is -2.36. The molecular formula is C13H16ClNO3. The van der Waals surface area contributed by atoms with Crippen LogP contribution in [0.4, 0.5) is 0 Å². The fraction of sp³-hybridized carbons (Fsp3) is 0.462. The van der Waals surface area contributed by atoms with Crippen molar-refractivity contribution in [1.82, 2.24) is 4.90 Å². The van der Waals surface area contributed by atoms with Gasteiger partial charge in [-0.05, 0) is 17.7 Å².